The van der Waals surface area contributed by atoms with Crippen LogP contribution in [0.1, 0.15) is 19.3 Å². The van der Waals surface area contributed by atoms with Crippen LogP contribution in [-0.2, 0) is 9.53 Å². The Labute approximate surface area is 149 Å². The molecule has 0 bridgehead atoms. The van der Waals surface area contributed by atoms with Gasteiger partial charge in [0.2, 0.25) is 0 Å². The van der Waals surface area contributed by atoms with E-state index in [-0.39, 0.29) is 17.2 Å². The van der Waals surface area contributed by atoms with Crippen LogP contribution in [0.2, 0.25) is 0 Å². The van der Waals surface area contributed by atoms with Gasteiger partial charge in [-0.05, 0) is 25.8 Å². The van der Waals surface area contributed by atoms with Crippen LogP contribution in [0.5, 0.6) is 0 Å². The highest BCUT2D eigenvalue weighted by Crippen LogP contribution is 2.42. The zero-order valence-electron chi connectivity index (χ0n) is 13.6. The van der Waals surface area contributed by atoms with Crippen molar-refractivity contribution < 1.29 is 35.1 Å². The van der Waals surface area contributed by atoms with E-state index >= 15 is 0 Å². The molecule has 0 aromatic rings. The maximum atomic E-state index is 12.8. The average Bonchev–Trinajstić information content (AvgIpc) is 3.24. The van der Waals surface area contributed by atoms with Gasteiger partial charge in [0, 0.05) is 5.92 Å². The first-order valence-electron chi connectivity index (χ1n) is 8.55. The Balaban J connectivity index is 1.74. The van der Waals surface area contributed by atoms with Crippen molar-refractivity contribution in [3.05, 3.63) is 0 Å². The van der Waals surface area contributed by atoms with Crippen molar-refractivity contribution in [3.8, 4) is 0 Å². The van der Waals surface area contributed by atoms with Crippen LogP contribution in [0, 0.1) is 5.92 Å². The maximum Gasteiger partial charge on any atom is 0.184 e. The lowest BCUT2D eigenvalue weighted by Crippen LogP contribution is -2.62. The second-order valence-corrected chi connectivity index (χ2v) is 8.39. The fraction of sp³-hybridized carbons (Fsp3) is 0.933. The van der Waals surface area contributed by atoms with E-state index in [1.807, 2.05) is 0 Å². The monoisotopic (exact) mass is 378 g/mol. The number of ketones is 1. The van der Waals surface area contributed by atoms with Gasteiger partial charge in [-0.2, -0.15) is 0 Å². The van der Waals surface area contributed by atoms with Crippen molar-refractivity contribution in [1.82, 2.24) is 5.32 Å². The molecule has 3 aliphatic heterocycles. The predicted octanol–water partition coefficient (Wildman–Crippen LogP) is -3.13. The van der Waals surface area contributed by atoms with E-state index in [2.05, 4.69) is 5.32 Å². The number of hydrogen-bond donors (Lipinski definition) is 7. The first-order valence-corrected chi connectivity index (χ1v) is 9.49. The summed E-state index contributed by atoms with van der Waals surface area (Å²) in [6.45, 7) is 0.772. The third kappa shape index (κ3) is 3.73. The Hall–Kier alpha value is -0.300. The van der Waals surface area contributed by atoms with E-state index in [1.165, 1.54) is 11.8 Å². The summed E-state index contributed by atoms with van der Waals surface area (Å²) in [4.78, 5) is 12.8. The van der Waals surface area contributed by atoms with Crippen LogP contribution in [0.25, 0.3) is 0 Å². The predicted molar refractivity (Wildman–Crippen MR) is 88.4 cm³/mol. The Morgan fingerprint density at radius 2 is 1.92 bits per heavy atom. The van der Waals surface area contributed by atoms with Crippen molar-refractivity contribution in [2.24, 2.45) is 11.7 Å². The highest BCUT2D eigenvalue weighted by atomic mass is 32.2. The van der Waals surface area contributed by atoms with Crippen LogP contribution in [0.3, 0.4) is 0 Å². The van der Waals surface area contributed by atoms with E-state index in [4.69, 9.17) is 10.5 Å². The van der Waals surface area contributed by atoms with Crippen LogP contribution < -0.4 is 11.1 Å². The quantitative estimate of drug-likeness (QED) is 0.266. The van der Waals surface area contributed by atoms with Gasteiger partial charge in [-0.1, -0.05) is 0 Å². The number of nitrogens with two attached hydrogens (primary N) is 1. The third-order valence-electron chi connectivity index (χ3n) is 5.30. The van der Waals surface area contributed by atoms with Crippen molar-refractivity contribution >= 4 is 17.5 Å². The second-order valence-electron chi connectivity index (χ2n) is 7.00. The van der Waals surface area contributed by atoms with Gasteiger partial charge >= 0.3 is 0 Å². The molecule has 25 heavy (non-hydrogen) atoms. The molecule has 3 fully saturated rings. The van der Waals surface area contributed by atoms with Gasteiger partial charge in [-0.15, -0.1) is 11.8 Å². The molecular formula is C15H26N2O7S. The molecule has 3 rings (SSSR count). The van der Waals surface area contributed by atoms with E-state index in [0.717, 1.165) is 19.4 Å². The van der Waals surface area contributed by atoms with Gasteiger partial charge in [-0.25, -0.2) is 0 Å². The van der Waals surface area contributed by atoms with Crippen molar-refractivity contribution in [2.45, 2.75) is 72.7 Å². The molecule has 144 valence electrons. The zero-order chi connectivity index (χ0) is 18.3. The van der Waals surface area contributed by atoms with Crippen molar-refractivity contribution in [2.75, 3.05) is 6.54 Å². The van der Waals surface area contributed by atoms with E-state index < -0.39 is 48.0 Å². The molecule has 0 spiro atoms. The molecule has 3 saturated heterocycles. The van der Waals surface area contributed by atoms with E-state index in [1.54, 1.807) is 0 Å². The number of carbonyl (C=O) groups excluding carboxylic acids is 1. The van der Waals surface area contributed by atoms with Gasteiger partial charge in [0.1, 0.15) is 24.4 Å². The molecule has 10 atom stereocenters. The topological polar surface area (TPSA) is 166 Å². The molecule has 3 heterocycles. The summed E-state index contributed by atoms with van der Waals surface area (Å²) < 4.78 is 5.11. The molecule has 0 aromatic carbocycles. The molecule has 9 nitrogen and oxygen atoms in total. The molecule has 0 aromatic heterocycles. The minimum atomic E-state index is -1.73. The Bertz CT molecular complexity index is 493. The summed E-state index contributed by atoms with van der Waals surface area (Å²) in [5.74, 6) is -0.616. The number of nitrogens with one attached hydrogen (secondary N) is 1. The first-order chi connectivity index (χ1) is 11.8. The normalized spacial score (nSPS) is 49.3. The fourth-order valence-electron chi connectivity index (χ4n) is 3.87. The zero-order valence-corrected chi connectivity index (χ0v) is 14.5. The van der Waals surface area contributed by atoms with Gasteiger partial charge in [0.15, 0.2) is 12.1 Å². The van der Waals surface area contributed by atoms with Crippen LogP contribution in [-0.4, -0.2) is 91.3 Å². The highest BCUT2D eigenvalue weighted by molar-refractivity contribution is 8.01. The number of aliphatic hydroxyl groups is 5. The van der Waals surface area contributed by atoms with Gasteiger partial charge in [-0.3, -0.25) is 4.79 Å². The number of Topliss-reactive ketones (excluding diaryl/α,β-unsaturated/α-hetero) is 1. The molecule has 0 radical (unpaired) electrons. The molecular weight excluding hydrogens is 352 g/mol. The van der Waals surface area contributed by atoms with Gasteiger partial charge in [0.25, 0.3) is 0 Å². The minimum absolute atomic E-state index is 0.0362. The smallest absolute Gasteiger partial charge is 0.184 e. The number of carbonyl (C=O) groups is 1. The number of hydrogen-bond acceptors (Lipinski definition) is 10. The van der Waals surface area contributed by atoms with Crippen molar-refractivity contribution in [1.29, 1.82) is 0 Å². The molecule has 0 aliphatic carbocycles. The summed E-state index contributed by atoms with van der Waals surface area (Å²) >= 11 is 1.28. The molecule has 0 amide bonds. The Morgan fingerprint density at radius 3 is 2.56 bits per heavy atom. The molecule has 4 unspecified atom stereocenters. The summed E-state index contributed by atoms with van der Waals surface area (Å²) in [6.07, 6.45) is -7.29. The molecule has 3 aliphatic rings. The summed E-state index contributed by atoms with van der Waals surface area (Å²) in [7, 11) is 0. The van der Waals surface area contributed by atoms with Crippen LogP contribution >= 0.6 is 11.8 Å². The fourth-order valence-corrected chi connectivity index (χ4v) is 5.35. The lowest BCUT2D eigenvalue weighted by Gasteiger charge is -2.42. The van der Waals surface area contributed by atoms with Gasteiger partial charge in [0.05, 0.1) is 22.8 Å². The molecule has 10 heteroatoms. The number of rotatable bonds is 4. The molecule has 8 N–H and O–H groups in total. The summed E-state index contributed by atoms with van der Waals surface area (Å²) in [5.41, 5.74) is 5.97. The SMILES string of the molecule is NC1CC([C@@H](O)[C@H]2O[C@@H](O)[C@H](O)[C@@H](O)[C@@H]2O)C(C(=O)C2CCCN2)S1. The number of ether oxygens (including phenoxy) is 1. The van der Waals surface area contributed by atoms with E-state index in [9.17, 15) is 30.3 Å². The van der Waals surface area contributed by atoms with E-state index in [0.29, 0.717) is 6.42 Å². The Morgan fingerprint density at radius 1 is 1.20 bits per heavy atom. The summed E-state index contributed by atoms with van der Waals surface area (Å²) in [6, 6.07) is -0.271. The van der Waals surface area contributed by atoms with Crippen molar-refractivity contribution in [3.63, 3.8) is 0 Å². The van der Waals surface area contributed by atoms with Gasteiger partial charge < -0.3 is 41.3 Å². The first kappa shape index (κ1) is 19.5. The third-order valence-corrected chi connectivity index (χ3v) is 6.72. The Kier molecular flexibility index (Phi) is 6.03. The number of thioether (sulfide) groups is 1. The van der Waals surface area contributed by atoms with Crippen LogP contribution in [0.15, 0.2) is 0 Å². The summed E-state index contributed by atoms with van der Waals surface area (Å²) in [5, 5.41) is 52.1. The standard InChI is InChI=1S/C15H26N2O7S/c16-7-4-5(14(25-7)9(19)6-2-1-3-17-6)8(18)13-11(21)10(20)12(22)15(23)24-13/h5-8,10-15,17-18,20-23H,1-4,16H2/t5?,6?,7?,8-,10+,11+,12-,13-,14?,15-/m1/s1. The number of aliphatic hydroxyl groups excluding tert-OH is 5. The maximum absolute atomic E-state index is 12.8. The lowest BCUT2D eigenvalue weighted by atomic mass is 9.83. The minimum Gasteiger partial charge on any atom is -0.390 e. The largest absolute Gasteiger partial charge is 0.390 e. The van der Waals surface area contributed by atoms with Crippen LogP contribution in [0.4, 0.5) is 0 Å². The average molecular weight is 378 g/mol. The second kappa shape index (κ2) is 7.75. The highest BCUT2D eigenvalue weighted by Gasteiger charge is 2.52. The lowest BCUT2D eigenvalue weighted by molar-refractivity contribution is -0.300. The molecule has 0 saturated carbocycles.